The maximum atomic E-state index is 4.61. The predicted molar refractivity (Wildman–Crippen MR) is 106 cm³/mol. The van der Waals surface area contributed by atoms with Crippen LogP contribution in [0.15, 0.2) is 53.3 Å². The van der Waals surface area contributed by atoms with E-state index in [1.165, 1.54) is 5.56 Å². The first-order valence-electron chi connectivity index (χ1n) is 8.10. The van der Waals surface area contributed by atoms with Gasteiger partial charge in [0.1, 0.15) is 5.82 Å². The lowest BCUT2D eigenvalue weighted by Crippen LogP contribution is -2.13. The molecular weight excluding hydrogens is 378 g/mol. The van der Waals surface area contributed by atoms with Crippen molar-refractivity contribution in [2.24, 2.45) is 0 Å². The van der Waals surface area contributed by atoms with Crippen molar-refractivity contribution in [1.82, 2.24) is 15.0 Å². The molecule has 3 aromatic rings. The Bertz CT molecular complexity index is 865. The Labute approximate surface area is 156 Å². The van der Waals surface area contributed by atoms with Crippen molar-refractivity contribution >= 4 is 33.4 Å². The number of benzene rings is 1. The fourth-order valence-corrected chi connectivity index (χ4v) is 2.95. The highest BCUT2D eigenvalue weighted by Crippen LogP contribution is 2.28. The molecule has 0 atom stereocenters. The van der Waals surface area contributed by atoms with Crippen molar-refractivity contribution in [3.8, 4) is 11.3 Å². The summed E-state index contributed by atoms with van der Waals surface area (Å²) in [7, 11) is 0. The minimum Gasteiger partial charge on any atom is -0.352 e. The van der Waals surface area contributed by atoms with Crippen LogP contribution in [-0.4, -0.2) is 21.0 Å². The molecule has 2 heterocycles. The maximum absolute atomic E-state index is 4.61. The van der Waals surface area contributed by atoms with E-state index in [-0.39, 0.29) is 6.04 Å². The average molecular weight is 398 g/mol. The third-order valence-corrected chi connectivity index (χ3v) is 4.14. The number of rotatable bonds is 5. The average Bonchev–Trinajstić information content (AvgIpc) is 2.57. The number of nitrogens with one attached hydrogen (secondary N) is 2. The van der Waals surface area contributed by atoms with Crippen molar-refractivity contribution < 1.29 is 0 Å². The van der Waals surface area contributed by atoms with E-state index in [9.17, 15) is 0 Å². The molecule has 0 aliphatic heterocycles. The summed E-state index contributed by atoms with van der Waals surface area (Å²) >= 11 is 3.60. The summed E-state index contributed by atoms with van der Waals surface area (Å²) in [5.74, 6) is 1.31. The number of hydrogen-bond acceptors (Lipinski definition) is 5. The van der Waals surface area contributed by atoms with Crippen LogP contribution in [0.1, 0.15) is 19.4 Å². The van der Waals surface area contributed by atoms with Gasteiger partial charge in [0.25, 0.3) is 0 Å². The van der Waals surface area contributed by atoms with Gasteiger partial charge in [-0.3, -0.25) is 4.98 Å². The Morgan fingerprint density at radius 3 is 2.60 bits per heavy atom. The maximum Gasteiger partial charge on any atom is 0.225 e. The van der Waals surface area contributed by atoms with Crippen molar-refractivity contribution in [3.63, 3.8) is 0 Å². The second-order valence-corrected chi connectivity index (χ2v) is 6.97. The number of hydrogen-bond donors (Lipinski definition) is 2. The van der Waals surface area contributed by atoms with E-state index in [1.807, 2.05) is 24.3 Å². The van der Waals surface area contributed by atoms with Gasteiger partial charge in [0.2, 0.25) is 5.95 Å². The summed E-state index contributed by atoms with van der Waals surface area (Å²) in [5, 5.41) is 6.64. The first-order chi connectivity index (χ1) is 12.0. The first-order valence-corrected chi connectivity index (χ1v) is 8.90. The fourth-order valence-electron chi connectivity index (χ4n) is 2.36. The molecule has 0 saturated heterocycles. The van der Waals surface area contributed by atoms with E-state index in [0.29, 0.717) is 5.95 Å². The van der Waals surface area contributed by atoms with Crippen LogP contribution in [0, 0.1) is 6.92 Å². The molecule has 0 fully saturated rings. The summed E-state index contributed by atoms with van der Waals surface area (Å²) in [6.45, 7) is 6.18. The van der Waals surface area contributed by atoms with Crippen LogP contribution in [0.3, 0.4) is 0 Å². The Kier molecular flexibility index (Phi) is 5.28. The molecule has 0 spiro atoms. The van der Waals surface area contributed by atoms with Crippen LogP contribution in [0.25, 0.3) is 11.3 Å². The van der Waals surface area contributed by atoms with Crippen LogP contribution in [0.2, 0.25) is 0 Å². The summed E-state index contributed by atoms with van der Waals surface area (Å²) in [6, 6.07) is 12.2. The van der Waals surface area contributed by atoms with Gasteiger partial charge < -0.3 is 10.6 Å². The first kappa shape index (κ1) is 17.4. The molecule has 5 nitrogen and oxygen atoms in total. The number of pyridine rings is 1. The molecule has 0 saturated carbocycles. The van der Waals surface area contributed by atoms with Gasteiger partial charge in [0.05, 0.1) is 11.4 Å². The Hall–Kier alpha value is -2.47. The summed E-state index contributed by atoms with van der Waals surface area (Å²) in [5.41, 5.74) is 3.91. The highest BCUT2D eigenvalue weighted by molar-refractivity contribution is 9.10. The Morgan fingerprint density at radius 1 is 1.08 bits per heavy atom. The summed E-state index contributed by atoms with van der Waals surface area (Å²) in [4.78, 5) is 13.4. The molecule has 0 bridgehead atoms. The number of halogens is 1. The molecular formula is C19H20BrN5. The van der Waals surface area contributed by atoms with E-state index < -0.39 is 0 Å². The van der Waals surface area contributed by atoms with Crippen LogP contribution in [-0.2, 0) is 0 Å². The molecule has 0 aliphatic rings. The van der Waals surface area contributed by atoms with Gasteiger partial charge in [-0.2, -0.15) is 4.98 Å². The molecule has 1 aromatic carbocycles. The smallest absolute Gasteiger partial charge is 0.225 e. The van der Waals surface area contributed by atoms with Gasteiger partial charge >= 0.3 is 0 Å². The van der Waals surface area contributed by atoms with E-state index >= 15 is 0 Å². The summed E-state index contributed by atoms with van der Waals surface area (Å²) < 4.78 is 0.993. The van der Waals surface area contributed by atoms with Gasteiger partial charge in [0.15, 0.2) is 0 Å². The fraction of sp³-hybridized carbons (Fsp3) is 0.211. The SMILES string of the molecule is Cc1ccc(Nc2cc(-c3cccnc3)nc(NC(C)C)n2)c(Br)c1. The minimum absolute atomic E-state index is 0.239. The number of aryl methyl sites for hydroxylation is 1. The molecule has 2 N–H and O–H groups in total. The quantitative estimate of drug-likeness (QED) is 0.621. The zero-order chi connectivity index (χ0) is 17.8. The van der Waals surface area contributed by atoms with Crippen LogP contribution in [0.4, 0.5) is 17.5 Å². The molecule has 0 amide bonds. The van der Waals surface area contributed by atoms with Crippen LogP contribution >= 0.6 is 15.9 Å². The number of aromatic nitrogens is 3. The number of nitrogens with zero attached hydrogens (tertiary/aromatic N) is 3. The highest BCUT2D eigenvalue weighted by atomic mass is 79.9. The Balaban J connectivity index is 2.00. The van der Waals surface area contributed by atoms with Gasteiger partial charge in [0, 0.05) is 34.5 Å². The molecule has 25 heavy (non-hydrogen) atoms. The molecule has 128 valence electrons. The van der Waals surface area contributed by atoms with Crippen molar-refractivity contribution in [3.05, 3.63) is 58.8 Å². The minimum atomic E-state index is 0.239. The number of anilines is 3. The lowest BCUT2D eigenvalue weighted by molar-refractivity contribution is 0.876. The Morgan fingerprint density at radius 2 is 1.92 bits per heavy atom. The van der Waals surface area contributed by atoms with Gasteiger partial charge in [-0.25, -0.2) is 4.98 Å². The topological polar surface area (TPSA) is 62.7 Å². The van der Waals surface area contributed by atoms with Gasteiger partial charge in [-0.15, -0.1) is 0 Å². The van der Waals surface area contributed by atoms with Gasteiger partial charge in [-0.05, 0) is 66.5 Å². The van der Waals surface area contributed by atoms with E-state index in [4.69, 9.17) is 0 Å². The monoisotopic (exact) mass is 397 g/mol. The van der Waals surface area contributed by atoms with Crippen LogP contribution in [0.5, 0.6) is 0 Å². The zero-order valence-electron chi connectivity index (χ0n) is 14.4. The molecule has 0 aliphatic carbocycles. The normalized spacial score (nSPS) is 10.8. The van der Waals surface area contributed by atoms with Gasteiger partial charge in [-0.1, -0.05) is 6.07 Å². The lowest BCUT2D eigenvalue weighted by atomic mass is 10.2. The highest BCUT2D eigenvalue weighted by Gasteiger charge is 2.09. The van der Waals surface area contributed by atoms with Crippen molar-refractivity contribution in [1.29, 1.82) is 0 Å². The summed E-state index contributed by atoms with van der Waals surface area (Å²) in [6.07, 6.45) is 3.55. The molecule has 3 rings (SSSR count). The molecule has 0 radical (unpaired) electrons. The molecule has 2 aromatic heterocycles. The van der Waals surface area contributed by atoms with Crippen molar-refractivity contribution in [2.45, 2.75) is 26.8 Å². The van der Waals surface area contributed by atoms with E-state index in [2.05, 4.69) is 74.4 Å². The zero-order valence-corrected chi connectivity index (χ0v) is 16.0. The predicted octanol–water partition coefficient (Wildman–Crippen LogP) is 5.17. The van der Waals surface area contributed by atoms with Crippen molar-refractivity contribution in [2.75, 3.05) is 10.6 Å². The largest absolute Gasteiger partial charge is 0.352 e. The third-order valence-electron chi connectivity index (χ3n) is 3.49. The second kappa shape index (κ2) is 7.61. The van der Waals surface area contributed by atoms with Crippen LogP contribution < -0.4 is 10.6 Å². The molecule has 6 heteroatoms. The second-order valence-electron chi connectivity index (χ2n) is 6.11. The lowest BCUT2D eigenvalue weighted by Gasteiger charge is -2.14. The molecule has 0 unspecified atom stereocenters. The standard InChI is InChI=1S/C19H20BrN5/c1-12(2)22-19-24-17(14-5-4-8-21-11-14)10-18(25-19)23-16-7-6-13(3)9-15(16)20/h4-12H,1-3H3,(H2,22,23,24,25). The van der Waals surface area contributed by atoms with E-state index in [1.54, 1.807) is 12.4 Å². The third kappa shape index (κ3) is 4.54. The van der Waals surface area contributed by atoms with E-state index in [0.717, 1.165) is 27.2 Å².